The van der Waals surface area contributed by atoms with E-state index in [0.717, 1.165) is 0 Å². The molecule has 0 saturated heterocycles. The van der Waals surface area contributed by atoms with Gasteiger partial charge >= 0.3 is 5.97 Å². The second-order valence-corrected chi connectivity index (χ2v) is 3.49. The molecule has 0 bridgehead atoms. The zero-order valence-corrected chi connectivity index (χ0v) is 10.2. The van der Waals surface area contributed by atoms with Crippen LogP contribution in [-0.2, 0) is 10.1 Å². The number of alkyl halides is 1. The maximum Gasteiger partial charge on any atom is 0.342 e. The summed E-state index contributed by atoms with van der Waals surface area (Å²) in [6.45, 7) is 1.76. The predicted octanol–water partition coefficient (Wildman–Crippen LogP) is 2.77. The van der Waals surface area contributed by atoms with Crippen molar-refractivity contribution < 1.29 is 13.9 Å². The van der Waals surface area contributed by atoms with Crippen LogP contribution in [0.5, 0.6) is 0 Å². The summed E-state index contributed by atoms with van der Waals surface area (Å²) in [5, 5.41) is 9.06. The fourth-order valence-electron chi connectivity index (χ4n) is 1.22. The van der Waals surface area contributed by atoms with Gasteiger partial charge in [-0.2, -0.15) is 5.26 Å². The Morgan fingerprint density at radius 1 is 1.62 bits per heavy atom. The second-order valence-electron chi connectivity index (χ2n) is 2.93. The van der Waals surface area contributed by atoms with Crippen LogP contribution in [0, 0.1) is 17.1 Å². The molecule has 1 aromatic rings. The third-order valence-electron chi connectivity index (χ3n) is 1.97. The van der Waals surface area contributed by atoms with Gasteiger partial charge in [-0.25, -0.2) is 9.18 Å². The second kappa shape index (κ2) is 5.61. The first-order valence-corrected chi connectivity index (χ1v) is 5.72. The van der Waals surface area contributed by atoms with Gasteiger partial charge in [-0.3, -0.25) is 0 Å². The highest BCUT2D eigenvalue weighted by Gasteiger charge is 2.20. The number of esters is 1. The van der Waals surface area contributed by atoms with Crippen LogP contribution < -0.4 is 0 Å². The van der Waals surface area contributed by atoms with E-state index in [4.69, 9.17) is 10.00 Å². The van der Waals surface area contributed by atoms with Gasteiger partial charge in [-0.15, -0.1) is 0 Å². The Hall–Kier alpha value is -1.41. The third-order valence-corrected chi connectivity index (χ3v) is 2.57. The van der Waals surface area contributed by atoms with Gasteiger partial charge in [0.1, 0.15) is 17.4 Å². The Morgan fingerprint density at radius 2 is 2.31 bits per heavy atom. The number of benzene rings is 1. The standard InChI is InChI=1S/C11H9BrFNO2/c1-2-16-11(15)9-8(6-14)4-3-7(5-12)10(9)13/h3-4H,2,5H2,1H3. The fourth-order valence-corrected chi connectivity index (χ4v) is 1.65. The van der Waals surface area contributed by atoms with Crippen molar-refractivity contribution in [2.75, 3.05) is 6.61 Å². The number of ether oxygens (including phenoxy) is 1. The number of hydrogen-bond acceptors (Lipinski definition) is 3. The highest BCUT2D eigenvalue weighted by molar-refractivity contribution is 9.08. The van der Waals surface area contributed by atoms with E-state index in [1.807, 2.05) is 0 Å². The van der Waals surface area contributed by atoms with Crippen LogP contribution in [0.15, 0.2) is 12.1 Å². The number of carbonyl (C=O) groups excluding carboxylic acids is 1. The molecule has 16 heavy (non-hydrogen) atoms. The quantitative estimate of drug-likeness (QED) is 0.634. The van der Waals surface area contributed by atoms with E-state index in [1.54, 1.807) is 13.0 Å². The topological polar surface area (TPSA) is 50.1 Å². The molecule has 0 spiro atoms. The molecule has 0 aliphatic carbocycles. The number of carbonyl (C=O) groups is 1. The molecule has 0 saturated carbocycles. The van der Waals surface area contributed by atoms with E-state index in [9.17, 15) is 9.18 Å². The molecule has 0 heterocycles. The van der Waals surface area contributed by atoms with Crippen molar-refractivity contribution in [3.63, 3.8) is 0 Å². The summed E-state index contributed by atoms with van der Waals surface area (Å²) in [5.41, 5.74) is 0.0176. The first-order valence-electron chi connectivity index (χ1n) is 4.60. The predicted molar refractivity (Wildman–Crippen MR) is 59.7 cm³/mol. The Balaban J connectivity index is 3.33. The lowest BCUT2D eigenvalue weighted by atomic mass is 10.0. The molecule has 5 heteroatoms. The van der Waals surface area contributed by atoms with E-state index >= 15 is 0 Å². The van der Waals surface area contributed by atoms with Crippen LogP contribution >= 0.6 is 15.9 Å². The van der Waals surface area contributed by atoms with Crippen molar-refractivity contribution in [3.8, 4) is 6.07 Å². The van der Waals surface area contributed by atoms with Crippen molar-refractivity contribution in [2.24, 2.45) is 0 Å². The molecule has 0 unspecified atom stereocenters. The number of nitrogens with zero attached hydrogens (tertiary/aromatic N) is 1. The monoisotopic (exact) mass is 285 g/mol. The number of rotatable bonds is 3. The molecule has 0 amide bonds. The van der Waals surface area contributed by atoms with Crippen molar-refractivity contribution in [3.05, 3.63) is 34.6 Å². The summed E-state index contributed by atoms with van der Waals surface area (Å²) >= 11 is 3.10. The van der Waals surface area contributed by atoms with Gasteiger partial charge in [0.2, 0.25) is 0 Å². The van der Waals surface area contributed by atoms with Gasteiger partial charge in [0.05, 0.1) is 12.2 Å². The van der Waals surface area contributed by atoms with Crippen LogP contribution in [0.4, 0.5) is 4.39 Å². The van der Waals surface area contributed by atoms with Gasteiger partial charge in [0, 0.05) is 5.33 Å². The molecule has 0 aliphatic rings. The van der Waals surface area contributed by atoms with Crippen LogP contribution in [-0.4, -0.2) is 12.6 Å². The van der Waals surface area contributed by atoms with Gasteiger partial charge in [-0.1, -0.05) is 22.0 Å². The maximum atomic E-state index is 13.8. The summed E-state index contributed by atoms with van der Waals surface area (Å²) in [6.07, 6.45) is 0. The van der Waals surface area contributed by atoms with Crippen molar-refractivity contribution in [1.29, 1.82) is 5.26 Å². The summed E-state index contributed by atoms with van der Waals surface area (Å²) in [6, 6.07) is 4.64. The van der Waals surface area contributed by atoms with Gasteiger partial charge in [-0.05, 0) is 18.6 Å². The molecule has 0 fully saturated rings. The highest BCUT2D eigenvalue weighted by atomic mass is 79.9. The largest absolute Gasteiger partial charge is 0.462 e. The molecule has 1 rings (SSSR count). The molecular formula is C11H9BrFNO2. The third kappa shape index (κ3) is 2.39. The van der Waals surface area contributed by atoms with E-state index < -0.39 is 11.8 Å². The summed E-state index contributed by atoms with van der Waals surface area (Å²) < 4.78 is 18.5. The lowest BCUT2D eigenvalue weighted by Gasteiger charge is -2.07. The van der Waals surface area contributed by atoms with Crippen LogP contribution in [0.3, 0.4) is 0 Å². The average molecular weight is 286 g/mol. The lowest BCUT2D eigenvalue weighted by molar-refractivity contribution is 0.0520. The zero-order chi connectivity index (χ0) is 12.1. The van der Waals surface area contributed by atoms with Crippen molar-refractivity contribution in [2.45, 2.75) is 12.3 Å². The Kier molecular flexibility index (Phi) is 4.44. The number of nitriles is 1. The van der Waals surface area contributed by atoms with Gasteiger partial charge in [0.15, 0.2) is 0 Å². The fraction of sp³-hybridized carbons (Fsp3) is 0.273. The molecular weight excluding hydrogens is 277 g/mol. The van der Waals surface area contributed by atoms with E-state index in [0.29, 0.717) is 5.56 Å². The Bertz CT molecular complexity index is 454. The zero-order valence-electron chi connectivity index (χ0n) is 8.59. The number of halogens is 2. The minimum Gasteiger partial charge on any atom is -0.462 e. The minimum atomic E-state index is -0.806. The van der Waals surface area contributed by atoms with Crippen LogP contribution in [0.25, 0.3) is 0 Å². The number of hydrogen-bond donors (Lipinski definition) is 0. The molecule has 0 radical (unpaired) electrons. The summed E-state index contributed by atoms with van der Waals surface area (Å²) in [5.74, 6) is -1.51. The van der Waals surface area contributed by atoms with E-state index in [-0.39, 0.29) is 23.1 Å². The lowest BCUT2D eigenvalue weighted by Crippen LogP contribution is -2.11. The minimum absolute atomic E-state index is 0.0133. The van der Waals surface area contributed by atoms with E-state index in [2.05, 4.69) is 15.9 Å². The Labute approximate surface area is 101 Å². The smallest absolute Gasteiger partial charge is 0.342 e. The first kappa shape index (κ1) is 12.7. The SMILES string of the molecule is CCOC(=O)c1c(C#N)ccc(CBr)c1F. The summed E-state index contributed by atoms with van der Waals surface area (Å²) in [7, 11) is 0. The first-order chi connectivity index (χ1) is 7.65. The van der Waals surface area contributed by atoms with Crippen LogP contribution in [0.1, 0.15) is 28.4 Å². The van der Waals surface area contributed by atoms with Crippen molar-refractivity contribution >= 4 is 21.9 Å². The molecule has 0 N–H and O–H groups in total. The molecule has 1 aromatic carbocycles. The molecule has 0 atom stereocenters. The highest BCUT2D eigenvalue weighted by Crippen LogP contribution is 2.20. The van der Waals surface area contributed by atoms with Gasteiger partial charge < -0.3 is 4.74 Å². The maximum absolute atomic E-state index is 13.8. The molecule has 0 aromatic heterocycles. The Morgan fingerprint density at radius 3 is 2.81 bits per heavy atom. The average Bonchev–Trinajstić information content (AvgIpc) is 2.28. The molecule has 0 aliphatic heterocycles. The van der Waals surface area contributed by atoms with Crippen LogP contribution in [0.2, 0.25) is 0 Å². The molecule has 84 valence electrons. The summed E-state index contributed by atoms with van der Waals surface area (Å²) in [4.78, 5) is 11.5. The normalized spacial score (nSPS) is 9.62. The van der Waals surface area contributed by atoms with E-state index in [1.165, 1.54) is 12.1 Å². The van der Waals surface area contributed by atoms with Crippen molar-refractivity contribution in [1.82, 2.24) is 0 Å². The van der Waals surface area contributed by atoms with Gasteiger partial charge in [0.25, 0.3) is 0 Å². The molecule has 3 nitrogen and oxygen atoms in total.